The molecule has 23 heavy (non-hydrogen) atoms. The summed E-state index contributed by atoms with van der Waals surface area (Å²) in [5.74, 6) is -0.877. The lowest BCUT2D eigenvalue weighted by Crippen LogP contribution is -2.46. The molecule has 0 aromatic heterocycles. The Labute approximate surface area is 136 Å². The van der Waals surface area contributed by atoms with Gasteiger partial charge in [0.15, 0.2) is 0 Å². The van der Waals surface area contributed by atoms with Gasteiger partial charge in [-0.3, -0.25) is 18.6 Å². The third-order valence-electron chi connectivity index (χ3n) is 3.04. The molecule has 136 valence electrons. The van der Waals surface area contributed by atoms with Crippen molar-refractivity contribution >= 4 is 19.6 Å². The highest BCUT2D eigenvalue weighted by atomic mass is 31.2. The molecule has 0 aromatic rings. The fourth-order valence-corrected chi connectivity index (χ4v) is 2.08. The van der Waals surface area contributed by atoms with E-state index in [2.05, 4.69) is 19.7 Å². The standard InChI is InChI=1S/C13H27N2O7P/c1-5-7-14-10(16)6-8-15-12(18)11(17)13(2,3)9-22-23(19,20)21-4/h11,17H,5-9H2,1-4H3,(H,14,16)(H,15,18)(H,19,20). The molecule has 0 bridgehead atoms. The summed E-state index contributed by atoms with van der Waals surface area (Å²) in [6, 6.07) is 0. The van der Waals surface area contributed by atoms with Crippen LogP contribution >= 0.6 is 7.82 Å². The maximum absolute atomic E-state index is 11.9. The average molecular weight is 354 g/mol. The van der Waals surface area contributed by atoms with Crippen molar-refractivity contribution in [3.8, 4) is 0 Å². The second kappa shape index (κ2) is 10.00. The number of hydrogen-bond acceptors (Lipinski definition) is 6. The second-order valence-electron chi connectivity index (χ2n) is 5.71. The van der Waals surface area contributed by atoms with E-state index in [-0.39, 0.29) is 25.5 Å². The van der Waals surface area contributed by atoms with Crippen LogP contribution in [0.1, 0.15) is 33.6 Å². The molecule has 4 N–H and O–H groups in total. The molecule has 0 saturated heterocycles. The first kappa shape index (κ1) is 22.0. The van der Waals surface area contributed by atoms with E-state index in [0.29, 0.717) is 6.54 Å². The van der Waals surface area contributed by atoms with Crippen molar-refractivity contribution in [1.29, 1.82) is 0 Å². The molecule has 2 unspecified atom stereocenters. The first-order valence-electron chi connectivity index (χ1n) is 7.31. The van der Waals surface area contributed by atoms with Crippen LogP contribution in [0.15, 0.2) is 0 Å². The zero-order valence-electron chi connectivity index (χ0n) is 14.0. The number of amides is 2. The number of aliphatic hydroxyl groups excluding tert-OH is 1. The number of rotatable bonds is 11. The highest BCUT2D eigenvalue weighted by molar-refractivity contribution is 7.47. The largest absolute Gasteiger partial charge is 0.471 e. The quantitative estimate of drug-likeness (QED) is 0.389. The normalized spacial score (nSPS) is 15.6. The van der Waals surface area contributed by atoms with Crippen molar-refractivity contribution < 1.29 is 33.2 Å². The predicted octanol–water partition coefficient (Wildman–Crippen LogP) is 0.169. The van der Waals surface area contributed by atoms with Gasteiger partial charge in [-0.25, -0.2) is 4.57 Å². The third kappa shape index (κ3) is 9.02. The van der Waals surface area contributed by atoms with Gasteiger partial charge < -0.3 is 20.6 Å². The minimum atomic E-state index is -4.18. The Morgan fingerprint density at radius 1 is 1.26 bits per heavy atom. The van der Waals surface area contributed by atoms with Crippen molar-refractivity contribution in [3.63, 3.8) is 0 Å². The van der Waals surface area contributed by atoms with Crippen molar-refractivity contribution in [1.82, 2.24) is 10.6 Å². The fourth-order valence-electron chi connectivity index (χ4n) is 1.48. The molecule has 2 atom stereocenters. The number of hydrogen-bond donors (Lipinski definition) is 4. The summed E-state index contributed by atoms with van der Waals surface area (Å²) < 4.78 is 20.2. The van der Waals surface area contributed by atoms with Crippen molar-refractivity contribution in [3.05, 3.63) is 0 Å². The van der Waals surface area contributed by atoms with Crippen LogP contribution in [-0.4, -0.2) is 54.7 Å². The van der Waals surface area contributed by atoms with Gasteiger partial charge in [-0.2, -0.15) is 0 Å². The van der Waals surface area contributed by atoms with E-state index in [1.54, 1.807) is 0 Å². The number of carbonyl (C=O) groups is 2. The van der Waals surface area contributed by atoms with Gasteiger partial charge in [-0.05, 0) is 6.42 Å². The lowest BCUT2D eigenvalue weighted by atomic mass is 9.87. The second-order valence-corrected chi connectivity index (χ2v) is 7.27. The maximum Gasteiger partial charge on any atom is 0.471 e. The van der Waals surface area contributed by atoms with Crippen LogP contribution in [0.25, 0.3) is 0 Å². The molecule has 0 aliphatic heterocycles. The summed E-state index contributed by atoms with van der Waals surface area (Å²) in [7, 11) is -3.17. The van der Waals surface area contributed by atoms with Gasteiger partial charge in [-0.1, -0.05) is 20.8 Å². The van der Waals surface area contributed by atoms with Crippen molar-refractivity contribution in [2.45, 2.75) is 39.7 Å². The van der Waals surface area contributed by atoms with Gasteiger partial charge in [0, 0.05) is 32.0 Å². The Morgan fingerprint density at radius 2 is 1.87 bits per heavy atom. The van der Waals surface area contributed by atoms with E-state index in [1.165, 1.54) is 13.8 Å². The molecule has 0 heterocycles. The highest BCUT2D eigenvalue weighted by Crippen LogP contribution is 2.43. The average Bonchev–Trinajstić information content (AvgIpc) is 2.50. The topological polar surface area (TPSA) is 134 Å². The summed E-state index contributed by atoms with van der Waals surface area (Å²) in [6.07, 6.45) is -0.551. The van der Waals surface area contributed by atoms with E-state index in [1.807, 2.05) is 6.92 Å². The third-order valence-corrected chi connectivity index (χ3v) is 3.96. The molecule has 0 aromatic carbocycles. The van der Waals surface area contributed by atoms with Gasteiger partial charge in [0.1, 0.15) is 6.10 Å². The Bertz CT molecular complexity index is 442. The predicted molar refractivity (Wildman–Crippen MR) is 83.5 cm³/mol. The first-order valence-corrected chi connectivity index (χ1v) is 8.81. The van der Waals surface area contributed by atoms with Crippen molar-refractivity contribution in [2.24, 2.45) is 5.41 Å². The van der Waals surface area contributed by atoms with Crippen LogP contribution < -0.4 is 10.6 Å². The zero-order valence-corrected chi connectivity index (χ0v) is 14.9. The lowest BCUT2D eigenvalue weighted by Gasteiger charge is -2.29. The monoisotopic (exact) mass is 354 g/mol. The van der Waals surface area contributed by atoms with Gasteiger partial charge in [0.25, 0.3) is 0 Å². The Hall–Kier alpha value is -0.990. The number of phosphoric ester groups is 1. The Kier molecular flexibility index (Phi) is 9.57. The summed E-state index contributed by atoms with van der Waals surface area (Å²) in [6.45, 7) is 5.22. The summed E-state index contributed by atoms with van der Waals surface area (Å²) >= 11 is 0. The smallest absolute Gasteiger partial charge is 0.383 e. The number of phosphoric acid groups is 1. The van der Waals surface area contributed by atoms with E-state index in [9.17, 15) is 19.3 Å². The van der Waals surface area contributed by atoms with E-state index >= 15 is 0 Å². The molecule has 0 rings (SSSR count). The highest BCUT2D eigenvalue weighted by Gasteiger charge is 2.36. The van der Waals surface area contributed by atoms with Crippen LogP contribution in [0.4, 0.5) is 0 Å². The molecular formula is C13H27N2O7P. The molecule has 0 aliphatic carbocycles. The van der Waals surface area contributed by atoms with Crippen LogP contribution in [0.5, 0.6) is 0 Å². The Morgan fingerprint density at radius 3 is 2.39 bits per heavy atom. The molecule has 0 radical (unpaired) electrons. The SMILES string of the molecule is CCCNC(=O)CCNC(=O)C(O)C(C)(C)COP(=O)(O)OC. The first-order chi connectivity index (χ1) is 10.6. The Balaban J connectivity index is 4.30. The minimum absolute atomic E-state index is 0.0823. The van der Waals surface area contributed by atoms with Gasteiger partial charge in [0.2, 0.25) is 11.8 Å². The van der Waals surface area contributed by atoms with Gasteiger partial charge in [-0.15, -0.1) is 0 Å². The van der Waals surface area contributed by atoms with Gasteiger partial charge in [0.05, 0.1) is 6.61 Å². The summed E-state index contributed by atoms with van der Waals surface area (Å²) in [4.78, 5) is 32.4. The molecule has 9 nitrogen and oxygen atoms in total. The maximum atomic E-state index is 11.9. The zero-order chi connectivity index (χ0) is 18.1. The molecule has 0 saturated carbocycles. The van der Waals surface area contributed by atoms with Crippen LogP contribution in [0.3, 0.4) is 0 Å². The molecule has 10 heteroatoms. The number of carbonyl (C=O) groups excluding carboxylic acids is 2. The van der Waals surface area contributed by atoms with E-state index in [4.69, 9.17) is 4.89 Å². The fraction of sp³-hybridized carbons (Fsp3) is 0.846. The summed E-state index contributed by atoms with van der Waals surface area (Å²) in [5, 5.41) is 15.1. The molecule has 0 aliphatic rings. The van der Waals surface area contributed by atoms with Crippen molar-refractivity contribution in [2.75, 3.05) is 26.8 Å². The molecule has 0 fully saturated rings. The molecule has 0 spiro atoms. The van der Waals surface area contributed by atoms with Crippen LogP contribution in [0.2, 0.25) is 0 Å². The van der Waals surface area contributed by atoms with E-state index < -0.39 is 25.2 Å². The lowest BCUT2D eigenvalue weighted by molar-refractivity contribution is -0.137. The molecule has 2 amide bonds. The van der Waals surface area contributed by atoms with Gasteiger partial charge >= 0.3 is 7.82 Å². The van der Waals surface area contributed by atoms with Crippen LogP contribution in [0, 0.1) is 5.41 Å². The number of aliphatic hydroxyl groups is 1. The molecular weight excluding hydrogens is 327 g/mol. The summed E-state index contributed by atoms with van der Waals surface area (Å²) in [5.41, 5.74) is -1.12. The number of nitrogens with one attached hydrogen (secondary N) is 2. The van der Waals surface area contributed by atoms with Crippen LogP contribution in [-0.2, 0) is 23.2 Å². The minimum Gasteiger partial charge on any atom is -0.383 e. The van der Waals surface area contributed by atoms with E-state index in [0.717, 1.165) is 13.5 Å².